The predicted octanol–water partition coefficient (Wildman–Crippen LogP) is 6.00. The lowest BCUT2D eigenvalue weighted by Gasteiger charge is -2.33. The number of carbonyl (C=O) groups is 2. The van der Waals surface area contributed by atoms with Crippen LogP contribution in [0.1, 0.15) is 31.5 Å². The van der Waals surface area contributed by atoms with Crippen molar-refractivity contribution in [2.75, 3.05) is 44.9 Å². The van der Waals surface area contributed by atoms with E-state index in [1.165, 1.54) is 28.0 Å². The second-order valence-electron chi connectivity index (χ2n) is 17.3. The highest BCUT2D eigenvalue weighted by molar-refractivity contribution is 6.76. The number of likely N-dealkylation sites (N-methyl/N-ethyl adjacent to an activating group) is 1. The largest absolute Gasteiger partial charge is 0.370 e. The van der Waals surface area contributed by atoms with Gasteiger partial charge in [0.1, 0.15) is 37.3 Å². The van der Waals surface area contributed by atoms with E-state index in [0.29, 0.717) is 61.6 Å². The molecule has 14 heteroatoms. The number of morpholine rings is 1. The molecule has 274 valence electrons. The fourth-order valence-corrected chi connectivity index (χ4v) is 8.66. The van der Waals surface area contributed by atoms with Crippen LogP contribution in [0, 0.1) is 17.2 Å². The summed E-state index contributed by atoms with van der Waals surface area (Å²) >= 11 is 0. The first-order chi connectivity index (χ1) is 23.5. The van der Waals surface area contributed by atoms with Gasteiger partial charge in [-0.3, -0.25) is 14.2 Å². The van der Waals surface area contributed by atoms with Crippen LogP contribution >= 0.6 is 0 Å². The number of aromatic nitrogens is 4. The summed E-state index contributed by atoms with van der Waals surface area (Å²) in [7, 11) is -0.995. The number of hydrogen-bond acceptors (Lipinski definition) is 7. The Morgan fingerprint density at radius 3 is 2.46 bits per heavy atom. The third kappa shape index (κ3) is 7.79. The number of amides is 2. The molecule has 1 saturated heterocycles. The number of anilines is 1. The Morgan fingerprint density at radius 1 is 1.12 bits per heavy atom. The van der Waals surface area contributed by atoms with Crippen LogP contribution in [0.4, 0.5) is 10.1 Å². The van der Waals surface area contributed by atoms with Crippen molar-refractivity contribution in [3.05, 3.63) is 29.2 Å². The number of hydrogen-bond donors (Lipinski definition) is 0. The van der Waals surface area contributed by atoms with Crippen molar-refractivity contribution < 1.29 is 28.2 Å². The molecular formula is C36H55FN6O5Si2. The van der Waals surface area contributed by atoms with Crippen molar-refractivity contribution in [3.63, 3.8) is 0 Å². The van der Waals surface area contributed by atoms with Crippen LogP contribution in [0.25, 0.3) is 22.6 Å². The Labute approximate surface area is 297 Å². The van der Waals surface area contributed by atoms with Crippen LogP contribution in [0.15, 0.2) is 12.1 Å². The average Bonchev–Trinajstić information content (AvgIpc) is 3.39. The molecule has 11 nitrogen and oxygen atoms in total. The summed E-state index contributed by atoms with van der Waals surface area (Å²) in [6, 6.07) is 4.45. The molecule has 0 bridgehead atoms. The SMILES string of the molecule is CC(C(=O)N(C)c1cc(F)c2c(c1)nc(-c1nn(COCC[Si](C)(C)C)c3c1C[C@@H]1C[C@]1(C)C3)n2COCC[Si](C)(C)C)N1CCOCC1=O. The second-order valence-corrected chi connectivity index (χ2v) is 28.5. The maximum Gasteiger partial charge on any atom is 0.249 e. The molecule has 6 rings (SSSR count). The van der Waals surface area contributed by atoms with Crippen molar-refractivity contribution in [1.29, 1.82) is 0 Å². The van der Waals surface area contributed by atoms with Gasteiger partial charge in [-0.2, -0.15) is 5.10 Å². The van der Waals surface area contributed by atoms with Gasteiger partial charge in [0, 0.05) is 59.9 Å². The van der Waals surface area contributed by atoms with Crippen LogP contribution in [-0.4, -0.2) is 98.3 Å². The number of rotatable bonds is 14. The molecule has 50 heavy (non-hydrogen) atoms. The fourth-order valence-electron chi connectivity index (χ4n) is 7.15. The first kappa shape index (κ1) is 36.9. The quantitative estimate of drug-likeness (QED) is 0.148. The van der Waals surface area contributed by atoms with Crippen LogP contribution in [-0.2, 0) is 50.1 Å². The summed E-state index contributed by atoms with van der Waals surface area (Å²) in [5.41, 5.74) is 4.46. The Morgan fingerprint density at radius 2 is 1.80 bits per heavy atom. The average molecular weight is 727 g/mol. The number of fused-ring (bicyclic) bond motifs is 3. The Bertz CT molecular complexity index is 1760. The van der Waals surface area contributed by atoms with Gasteiger partial charge in [-0.25, -0.2) is 14.1 Å². The molecule has 2 aliphatic carbocycles. The lowest BCUT2D eigenvalue weighted by Crippen LogP contribution is -2.53. The molecule has 0 N–H and O–H groups in total. The minimum Gasteiger partial charge on any atom is -0.370 e. The van der Waals surface area contributed by atoms with E-state index in [4.69, 9.17) is 24.3 Å². The molecule has 1 aromatic carbocycles. The van der Waals surface area contributed by atoms with Crippen LogP contribution in [0.2, 0.25) is 51.4 Å². The predicted molar refractivity (Wildman–Crippen MR) is 198 cm³/mol. The number of nitrogens with zero attached hydrogens (tertiary/aromatic N) is 6. The van der Waals surface area contributed by atoms with Gasteiger partial charge in [0.15, 0.2) is 11.6 Å². The summed E-state index contributed by atoms with van der Waals surface area (Å²) < 4.78 is 37.9. The standard InChI is InChI=1S/C36H55FN6O5Si2/c1-24(41-10-11-46-21-31(41)44)35(45)40(3)26-17-28(37)33-29(18-26)38-34(42(33)22-47-12-14-49(4,5)6)32-27-16-25-19-36(25,2)20-30(27)43(39-32)23-48-13-15-50(7,8)9/h17-18,24-25H,10-16,19-23H2,1-9H3/t24?,25-,36-/m1/s1. The minimum atomic E-state index is -1.35. The zero-order valence-electron chi connectivity index (χ0n) is 31.4. The summed E-state index contributed by atoms with van der Waals surface area (Å²) in [6.45, 7) is 20.4. The second kappa shape index (κ2) is 13.9. The summed E-state index contributed by atoms with van der Waals surface area (Å²) in [5, 5.41) is 5.14. The van der Waals surface area contributed by atoms with Gasteiger partial charge < -0.3 is 24.0 Å². The van der Waals surface area contributed by atoms with Crippen LogP contribution in [0.3, 0.4) is 0 Å². The molecule has 3 aromatic rings. The lowest BCUT2D eigenvalue weighted by molar-refractivity contribution is -0.149. The highest BCUT2D eigenvalue weighted by Crippen LogP contribution is 2.60. The van der Waals surface area contributed by atoms with E-state index in [1.807, 2.05) is 9.25 Å². The van der Waals surface area contributed by atoms with E-state index in [2.05, 4.69) is 46.2 Å². The number of halogens is 1. The Kier molecular flexibility index (Phi) is 10.2. The molecule has 2 fully saturated rings. The number of carbonyl (C=O) groups excluding carboxylic acids is 2. The van der Waals surface area contributed by atoms with Gasteiger partial charge in [-0.15, -0.1) is 0 Å². The summed E-state index contributed by atoms with van der Waals surface area (Å²) in [5.74, 6) is 0.0979. The molecule has 2 aromatic heterocycles. The van der Waals surface area contributed by atoms with Crippen molar-refractivity contribution in [2.24, 2.45) is 11.3 Å². The summed E-state index contributed by atoms with van der Waals surface area (Å²) in [4.78, 5) is 34.0. The maximum atomic E-state index is 16.4. The zero-order valence-corrected chi connectivity index (χ0v) is 33.4. The molecule has 1 unspecified atom stereocenters. The van der Waals surface area contributed by atoms with E-state index in [0.717, 1.165) is 36.2 Å². The molecule has 0 radical (unpaired) electrons. The molecule has 3 atom stereocenters. The van der Waals surface area contributed by atoms with Crippen molar-refractivity contribution in [2.45, 2.75) is 104 Å². The third-order valence-electron chi connectivity index (χ3n) is 10.7. The first-order valence-electron chi connectivity index (χ1n) is 18.0. The van der Waals surface area contributed by atoms with Crippen molar-refractivity contribution >= 4 is 44.7 Å². The first-order valence-corrected chi connectivity index (χ1v) is 25.5. The normalized spacial score (nSPS) is 21.4. The van der Waals surface area contributed by atoms with Crippen LogP contribution < -0.4 is 4.90 Å². The van der Waals surface area contributed by atoms with E-state index >= 15 is 4.39 Å². The minimum absolute atomic E-state index is 0.0494. The molecule has 0 spiro atoms. The van der Waals surface area contributed by atoms with Gasteiger partial charge in [0.05, 0.1) is 12.1 Å². The van der Waals surface area contributed by atoms with Gasteiger partial charge >= 0.3 is 0 Å². The fraction of sp³-hybridized carbons (Fsp3) is 0.667. The monoisotopic (exact) mass is 726 g/mol. The summed E-state index contributed by atoms with van der Waals surface area (Å²) in [6.07, 6.45) is 3.01. The van der Waals surface area contributed by atoms with E-state index < -0.39 is 28.0 Å². The van der Waals surface area contributed by atoms with E-state index in [-0.39, 0.29) is 30.6 Å². The highest BCUT2D eigenvalue weighted by Gasteiger charge is 2.54. The number of benzene rings is 1. The molecule has 3 aliphatic rings. The van der Waals surface area contributed by atoms with Gasteiger partial charge in [-0.05, 0) is 61.7 Å². The van der Waals surface area contributed by atoms with Crippen molar-refractivity contribution in [3.8, 4) is 11.5 Å². The maximum absolute atomic E-state index is 16.4. The lowest BCUT2D eigenvalue weighted by atomic mass is 9.87. The molecule has 1 aliphatic heterocycles. The van der Waals surface area contributed by atoms with Gasteiger partial charge in [0.25, 0.3) is 0 Å². The third-order valence-corrected chi connectivity index (χ3v) is 14.1. The Hall–Kier alpha value is -2.92. The molecule has 2 amide bonds. The molecule has 1 saturated carbocycles. The van der Waals surface area contributed by atoms with E-state index in [1.54, 1.807) is 20.0 Å². The highest BCUT2D eigenvalue weighted by atomic mass is 28.3. The van der Waals surface area contributed by atoms with E-state index in [9.17, 15) is 9.59 Å². The molecule has 3 heterocycles. The molecular weight excluding hydrogens is 672 g/mol. The van der Waals surface area contributed by atoms with Gasteiger partial charge in [0.2, 0.25) is 11.8 Å². The van der Waals surface area contributed by atoms with Crippen LogP contribution in [0.5, 0.6) is 0 Å². The zero-order chi connectivity index (χ0) is 36.2. The topological polar surface area (TPSA) is 104 Å². The Balaban J connectivity index is 1.37. The van der Waals surface area contributed by atoms with Crippen molar-refractivity contribution in [1.82, 2.24) is 24.2 Å². The number of ether oxygens (including phenoxy) is 3. The smallest absolute Gasteiger partial charge is 0.249 e. The number of imidazole rings is 1. The van der Waals surface area contributed by atoms with Gasteiger partial charge in [-0.1, -0.05) is 46.2 Å².